The predicted molar refractivity (Wildman–Crippen MR) is 88.6 cm³/mol. The summed E-state index contributed by atoms with van der Waals surface area (Å²) >= 11 is 0. The first-order valence-corrected chi connectivity index (χ1v) is 10.4. The van der Waals surface area contributed by atoms with E-state index < -0.39 is 19.8 Å². The highest BCUT2D eigenvalue weighted by molar-refractivity contribution is 8.03. The minimum Gasteiger partial charge on any atom is -0.300 e. The molecule has 1 aliphatic heterocycles. The lowest BCUT2D eigenvalue weighted by atomic mass is 10.2. The summed E-state index contributed by atoms with van der Waals surface area (Å²) in [5.41, 5.74) is 0.963. The number of hydrogen-bond donors (Lipinski definition) is 0. The molecular weight excluding hydrogens is 320 g/mol. The van der Waals surface area contributed by atoms with Gasteiger partial charge in [-0.25, -0.2) is 4.21 Å². The van der Waals surface area contributed by atoms with Gasteiger partial charge in [0.1, 0.15) is 0 Å². The molecule has 1 aliphatic rings. The Bertz CT molecular complexity index is 769. The second kappa shape index (κ2) is 6.82. The molecule has 5 nitrogen and oxygen atoms in total. The number of nitrogens with zero attached hydrogens (tertiary/aromatic N) is 2. The number of terminal acetylenes is 1. The summed E-state index contributed by atoms with van der Waals surface area (Å²) in [5, 5.41) is 0. The molecule has 22 heavy (non-hydrogen) atoms. The van der Waals surface area contributed by atoms with Crippen molar-refractivity contribution in [3.05, 3.63) is 29.8 Å². The quantitative estimate of drug-likeness (QED) is 0.779. The minimum absolute atomic E-state index is 0.0931. The summed E-state index contributed by atoms with van der Waals surface area (Å²) < 4.78 is 41.0. The van der Waals surface area contributed by atoms with Crippen LogP contribution in [0.2, 0.25) is 0 Å². The molecule has 1 fully saturated rings. The number of rotatable bonds is 4. The summed E-state index contributed by atoms with van der Waals surface area (Å²) in [6, 6.07) is 6.41. The summed E-state index contributed by atoms with van der Waals surface area (Å²) in [6.45, 7) is 3.75. The van der Waals surface area contributed by atoms with E-state index in [1.165, 1.54) is 12.1 Å². The lowest BCUT2D eigenvalue weighted by Crippen LogP contribution is -2.40. The summed E-state index contributed by atoms with van der Waals surface area (Å²) in [5.74, 6) is 3.10. The Morgan fingerprint density at radius 1 is 1.27 bits per heavy atom. The Kier molecular flexibility index (Phi) is 5.27. The largest absolute Gasteiger partial charge is 0.300 e. The molecule has 1 aromatic rings. The Morgan fingerprint density at radius 3 is 2.41 bits per heavy atom. The maximum Gasteiger partial charge on any atom is 0.290 e. The molecule has 0 spiro atoms. The van der Waals surface area contributed by atoms with Crippen LogP contribution in [0.15, 0.2) is 32.9 Å². The van der Waals surface area contributed by atoms with E-state index >= 15 is 0 Å². The third-order valence-corrected chi connectivity index (χ3v) is 7.96. The molecule has 0 N–H and O–H groups in total. The van der Waals surface area contributed by atoms with Crippen molar-refractivity contribution in [2.24, 2.45) is 3.77 Å². The molecule has 0 atom stereocenters. The highest BCUT2D eigenvalue weighted by Gasteiger charge is 2.24. The second-order valence-electron chi connectivity index (χ2n) is 5.34. The molecule has 0 aromatic heterocycles. The van der Waals surface area contributed by atoms with Gasteiger partial charge in [-0.1, -0.05) is 17.7 Å². The van der Waals surface area contributed by atoms with Crippen molar-refractivity contribution >= 4 is 19.8 Å². The average Bonchev–Trinajstić information content (AvgIpc) is 2.46. The topological polar surface area (TPSA) is 66.8 Å². The van der Waals surface area contributed by atoms with E-state index in [9.17, 15) is 12.6 Å². The molecule has 120 valence electrons. The first-order valence-electron chi connectivity index (χ1n) is 7.06. The van der Waals surface area contributed by atoms with E-state index in [1.807, 2.05) is 6.92 Å². The molecule has 1 heterocycles. The third-order valence-electron chi connectivity index (χ3n) is 3.58. The highest BCUT2D eigenvalue weighted by atomic mass is 32.3. The zero-order valence-electron chi connectivity index (χ0n) is 12.6. The zero-order chi connectivity index (χ0) is 16.2. The first kappa shape index (κ1) is 17.0. The van der Waals surface area contributed by atoms with Crippen molar-refractivity contribution in [2.45, 2.75) is 18.2 Å². The molecular formula is C15H20N2O3S2. The van der Waals surface area contributed by atoms with Gasteiger partial charge in [0.15, 0.2) is 0 Å². The summed E-state index contributed by atoms with van der Waals surface area (Å²) in [6.07, 6.45) is 5.87. The maximum absolute atomic E-state index is 12.7. The molecule has 0 saturated carbocycles. The predicted octanol–water partition coefficient (Wildman–Crippen LogP) is 1.49. The van der Waals surface area contributed by atoms with Gasteiger partial charge in [-0.3, -0.25) is 0 Å². The molecule has 0 unspecified atom stereocenters. The molecule has 0 radical (unpaired) electrons. The van der Waals surface area contributed by atoms with E-state index in [2.05, 4.69) is 14.6 Å². The summed E-state index contributed by atoms with van der Waals surface area (Å²) in [4.78, 5) is 2.19. The minimum atomic E-state index is -3.87. The van der Waals surface area contributed by atoms with Gasteiger partial charge < -0.3 is 4.90 Å². The van der Waals surface area contributed by atoms with Crippen molar-refractivity contribution in [3.63, 3.8) is 0 Å². The van der Waals surface area contributed by atoms with Crippen LogP contribution in [0.25, 0.3) is 0 Å². The van der Waals surface area contributed by atoms with Gasteiger partial charge in [0.05, 0.1) is 14.6 Å². The van der Waals surface area contributed by atoms with E-state index in [0.29, 0.717) is 19.5 Å². The lowest BCUT2D eigenvalue weighted by Gasteiger charge is -2.27. The van der Waals surface area contributed by atoms with Crippen molar-refractivity contribution in [1.82, 2.24) is 4.90 Å². The number of benzene rings is 1. The fraction of sp³-hybridized carbons (Fsp3) is 0.467. The van der Waals surface area contributed by atoms with Crippen LogP contribution in [0, 0.1) is 19.3 Å². The molecule has 0 amide bonds. The van der Waals surface area contributed by atoms with E-state index in [1.54, 1.807) is 12.1 Å². The Morgan fingerprint density at radius 2 is 1.86 bits per heavy atom. The SMILES string of the molecule is C#CCCN1CCS(=O)(=NS(=O)(=O)c2ccc(C)cc2)CC1. The Labute approximate surface area is 133 Å². The smallest absolute Gasteiger partial charge is 0.290 e. The van der Waals surface area contributed by atoms with Crippen molar-refractivity contribution in [2.75, 3.05) is 31.1 Å². The van der Waals surface area contributed by atoms with Crippen LogP contribution >= 0.6 is 0 Å². The fourth-order valence-corrected chi connectivity index (χ4v) is 6.35. The standard InChI is InChI=1S/C15H20N2O3S2/c1-3-4-9-17-10-12-21(18,13-11-17)16-22(19,20)15-7-5-14(2)6-8-15/h1,5-8H,4,9-13H2,2H3. The monoisotopic (exact) mass is 340 g/mol. The van der Waals surface area contributed by atoms with Gasteiger partial charge >= 0.3 is 0 Å². The van der Waals surface area contributed by atoms with Crippen molar-refractivity contribution in [1.29, 1.82) is 0 Å². The van der Waals surface area contributed by atoms with Crippen LogP contribution in [-0.2, 0) is 19.8 Å². The molecule has 0 aliphatic carbocycles. The van der Waals surface area contributed by atoms with E-state index in [-0.39, 0.29) is 16.4 Å². The van der Waals surface area contributed by atoms with E-state index in [4.69, 9.17) is 6.42 Å². The summed E-state index contributed by atoms with van der Waals surface area (Å²) in [7, 11) is -6.59. The van der Waals surface area contributed by atoms with Gasteiger partial charge in [0, 0.05) is 37.6 Å². The van der Waals surface area contributed by atoms with Crippen molar-refractivity contribution < 1.29 is 12.6 Å². The van der Waals surface area contributed by atoms with Gasteiger partial charge in [0.2, 0.25) is 0 Å². The second-order valence-corrected chi connectivity index (χ2v) is 9.72. The van der Waals surface area contributed by atoms with Crippen LogP contribution in [-0.4, -0.2) is 48.7 Å². The van der Waals surface area contributed by atoms with Gasteiger partial charge in [-0.15, -0.1) is 16.1 Å². The number of sulfonamides is 1. The maximum atomic E-state index is 12.7. The van der Waals surface area contributed by atoms with Crippen LogP contribution in [0.1, 0.15) is 12.0 Å². The normalized spacial score (nSPS) is 18.5. The highest BCUT2D eigenvalue weighted by Crippen LogP contribution is 2.17. The Hall–Kier alpha value is -1.36. The number of aryl methyl sites for hydroxylation is 1. The Balaban J connectivity index is 2.17. The van der Waals surface area contributed by atoms with Crippen LogP contribution in [0.5, 0.6) is 0 Å². The van der Waals surface area contributed by atoms with E-state index in [0.717, 1.165) is 12.1 Å². The molecule has 7 heteroatoms. The van der Waals surface area contributed by atoms with Gasteiger partial charge in [0.25, 0.3) is 10.0 Å². The molecule has 1 saturated heterocycles. The zero-order valence-corrected chi connectivity index (χ0v) is 14.2. The lowest BCUT2D eigenvalue weighted by molar-refractivity contribution is 0.306. The molecule has 0 bridgehead atoms. The first-order chi connectivity index (χ1) is 10.3. The van der Waals surface area contributed by atoms with Gasteiger partial charge in [-0.05, 0) is 19.1 Å². The third kappa shape index (κ3) is 4.32. The van der Waals surface area contributed by atoms with Gasteiger partial charge in [-0.2, -0.15) is 8.42 Å². The van der Waals surface area contributed by atoms with Crippen molar-refractivity contribution in [3.8, 4) is 12.3 Å². The average molecular weight is 340 g/mol. The molecule has 2 rings (SSSR count). The fourth-order valence-electron chi connectivity index (χ4n) is 2.21. The van der Waals surface area contributed by atoms with Crippen LogP contribution in [0.4, 0.5) is 0 Å². The van der Waals surface area contributed by atoms with Crippen LogP contribution < -0.4 is 0 Å². The van der Waals surface area contributed by atoms with Crippen LogP contribution in [0.3, 0.4) is 0 Å². The molecule has 1 aromatic carbocycles. The number of hydrogen-bond acceptors (Lipinski definition) is 4.